The molecule has 2 N–H and O–H groups in total. The molecule has 1 aromatic heterocycles. The molecule has 2 aliphatic rings. The molecule has 1 spiro atoms. The fourth-order valence-electron chi connectivity index (χ4n) is 4.14. The fourth-order valence-corrected chi connectivity index (χ4v) is 4.14. The van der Waals surface area contributed by atoms with E-state index in [4.69, 9.17) is 0 Å². The molecule has 3 amide bonds. The third-order valence-electron chi connectivity index (χ3n) is 5.77. The Morgan fingerprint density at radius 2 is 2.03 bits per heavy atom. The van der Waals surface area contributed by atoms with Gasteiger partial charge in [-0.05, 0) is 43.0 Å². The zero-order valence-electron chi connectivity index (χ0n) is 16.2. The Hall–Kier alpha value is -3.22. The number of rotatable bonds is 4. The standard InChI is InChI=1S/C22H24N4O3/c27-19(8-12-24-20(28)17-5-3-11-23-14-17)26-13-10-22(15-26)9-7-16-4-1-2-6-18(16)21(29)25-22/h1-6,11,14H,7-10,12-13,15H2,(H,24,28)(H,25,29). The molecule has 150 valence electrons. The molecule has 4 rings (SSSR count). The Bertz CT molecular complexity index is 931. The summed E-state index contributed by atoms with van der Waals surface area (Å²) in [7, 11) is 0. The summed E-state index contributed by atoms with van der Waals surface area (Å²) in [6.07, 6.45) is 5.72. The van der Waals surface area contributed by atoms with Crippen molar-refractivity contribution in [3.63, 3.8) is 0 Å². The van der Waals surface area contributed by atoms with Crippen molar-refractivity contribution < 1.29 is 14.4 Å². The molecular weight excluding hydrogens is 368 g/mol. The largest absolute Gasteiger partial charge is 0.351 e. The first-order valence-electron chi connectivity index (χ1n) is 9.93. The van der Waals surface area contributed by atoms with Crippen LogP contribution >= 0.6 is 0 Å². The summed E-state index contributed by atoms with van der Waals surface area (Å²) in [4.78, 5) is 43.0. The maximum absolute atomic E-state index is 12.7. The second-order valence-electron chi connectivity index (χ2n) is 7.70. The van der Waals surface area contributed by atoms with Crippen LogP contribution in [-0.2, 0) is 11.2 Å². The molecule has 1 saturated heterocycles. The monoisotopic (exact) mass is 392 g/mol. The smallest absolute Gasteiger partial charge is 0.252 e. The Kier molecular flexibility index (Phi) is 5.29. The molecule has 0 radical (unpaired) electrons. The summed E-state index contributed by atoms with van der Waals surface area (Å²) in [6.45, 7) is 1.40. The highest BCUT2D eigenvalue weighted by Gasteiger charge is 2.42. The molecule has 1 unspecified atom stereocenters. The number of pyridine rings is 1. The number of amides is 3. The fraction of sp³-hybridized carbons (Fsp3) is 0.364. The summed E-state index contributed by atoms with van der Waals surface area (Å²) < 4.78 is 0. The van der Waals surface area contributed by atoms with Crippen LogP contribution in [0.25, 0.3) is 0 Å². The van der Waals surface area contributed by atoms with Gasteiger partial charge < -0.3 is 15.5 Å². The van der Waals surface area contributed by atoms with Crippen LogP contribution in [0.3, 0.4) is 0 Å². The van der Waals surface area contributed by atoms with Crippen LogP contribution in [0.4, 0.5) is 0 Å². The molecule has 1 aromatic carbocycles. The van der Waals surface area contributed by atoms with E-state index in [1.165, 1.54) is 6.20 Å². The highest BCUT2D eigenvalue weighted by Crippen LogP contribution is 2.30. The molecule has 0 aliphatic carbocycles. The van der Waals surface area contributed by atoms with E-state index in [0.717, 1.165) is 30.4 Å². The second kappa shape index (κ2) is 8.03. The summed E-state index contributed by atoms with van der Waals surface area (Å²) in [6, 6.07) is 11.1. The van der Waals surface area contributed by atoms with E-state index in [2.05, 4.69) is 15.6 Å². The van der Waals surface area contributed by atoms with Gasteiger partial charge in [0.05, 0.1) is 11.1 Å². The van der Waals surface area contributed by atoms with Gasteiger partial charge in [0.15, 0.2) is 0 Å². The molecular formula is C22H24N4O3. The first-order valence-corrected chi connectivity index (χ1v) is 9.93. The van der Waals surface area contributed by atoms with Gasteiger partial charge in [-0.1, -0.05) is 18.2 Å². The van der Waals surface area contributed by atoms with Gasteiger partial charge in [0, 0.05) is 44.0 Å². The first kappa shape index (κ1) is 19.1. The number of likely N-dealkylation sites (tertiary alicyclic amines) is 1. The van der Waals surface area contributed by atoms with Gasteiger partial charge in [-0.15, -0.1) is 0 Å². The van der Waals surface area contributed by atoms with Crippen molar-refractivity contribution in [2.75, 3.05) is 19.6 Å². The SMILES string of the molecule is O=C(NCCC(=O)N1CCC2(CCc3ccccc3C(=O)N2)C1)c1cccnc1. The third kappa shape index (κ3) is 4.13. The number of aromatic nitrogens is 1. The van der Waals surface area contributed by atoms with E-state index < -0.39 is 0 Å². The lowest BCUT2D eigenvalue weighted by molar-refractivity contribution is -0.130. The highest BCUT2D eigenvalue weighted by atomic mass is 16.2. The minimum Gasteiger partial charge on any atom is -0.351 e. The number of benzene rings is 1. The Balaban J connectivity index is 1.31. The number of aryl methyl sites for hydroxylation is 1. The predicted octanol–water partition coefficient (Wildman–Crippen LogP) is 1.55. The summed E-state index contributed by atoms with van der Waals surface area (Å²) in [5, 5.41) is 5.94. The lowest BCUT2D eigenvalue weighted by Gasteiger charge is -2.29. The maximum Gasteiger partial charge on any atom is 0.252 e. The quantitative estimate of drug-likeness (QED) is 0.826. The normalized spacial score (nSPS) is 20.7. The van der Waals surface area contributed by atoms with Crippen molar-refractivity contribution in [3.8, 4) is 0 Å². The average molecular weight is 392 g/mol. The van der Waals surface area contributed by atoms with Crippen LogP contribution in [0, 0.1) is 0 Å². The Labute approximate surface area is 169 Å². The van der Waals surface area contributed by atoms with Crippen molar-refractivity contribution in [1.29, 1.82) is 0 Å². The molecule has 1 atom stereocenters. The molecule has 29 heavy (non-hydrogen) atoms. The highest BCUT2D eigenvalue weighted by molar-refractivity contribution is 5.97. The molecule has 1 fully saturated rings. The minimum absolute atomic E-state index is 0.00984. The zero-order chi connectivity index (χ0) is 20.3. The summed E-state index contributed by atoms with van der Waals surface area (Å²) in [5.41, 5.74) is 1.89. The van der Waals surface area contributed by atoms with Crippen molar-refractivity contribution in [2.24, 2.45) is 0 Å². The van der Waals surface area contributed by atoms with E-state index in [1.807, 2.05) is 24.3 Å². The van der Waals surface area contributed by atoms with E-state index >= 15 is 0 Å². The number of hydrogen-bond donors (Lipinski definition) is 2. The van der Waals surface area contributed by atoms with Crippen molar-refractivity contribution in [3.05, 3.63) is 65.5 Å². The van der Waals surface area contributed by atoms with Gasteiger partial charge in [0.25, 0.3) is 11.8 Å². The van der Waals surface area contributed by atoms with Crippen LogP contribution in [0.15, 0.2) is 48.8 Å². The number of fused-ring (bicyclic) bond motifs is 1. The molecule has 2 aliphatic heterocycles. The Morgan fingerprint density at radius 1 is 1.17 bits per heavy atom. The number of nitrogens with one attached hydrogen (secondary N) is 2. The van der Waals surface area contributed by atoms with Gasteiger partial charge in [-0.3, -0.25) is 19.4 Å². The third-order valence-corrected chi connectivity index (χ3v) is 5.77. The van der Waals surface area contributed by atoms with Crippen LogP contribution < -0.4 is 10.6 Å². The number of carbonyl (C=O) groups is 3. The number of carbonyl (C=O) groups excluding carboxylic acids is 3. The summed E-state index contributed by atoms with van der Waals surface area (Å²) >= 11 is 0. The number of hydrogen-bond acceptors (Lipinski definition) is 4. The van der Waals surface area contributed by atoms with E-state index in [-0.39, 0.29) is 36.2 Å². The van der Waals surface area contributed by atoms with Gasteiger partial charge in [-0.2, -0.15) is 0 Å². The van der Waals surface area contributed by atoms with Crippen molar-refractivity contribution >= 4 is 17.7 Å². The van der Waals surface area contributed by atoms with Gasteiger partial charge in [0.1, 0.15) is 0 Å². The zero-order valence-corrected chi connectivity index (χ0v) is 16.2. The maximum atomic E-state index is 12.7. The lowest BCUT2D eigenvalue weighted by Crippen LogP contribution is -2.50. The molecule has 3 heterocycles. The first-order chi connectivity index (χ1) is 14.1. The molecule has 2 aromatic rings. The van der Waals surface area contributed by atoms with Crippen LogP contribution in [0.2, 0.25) is 0 Å². The summed E-state index contributed by atoms with van der Waals surface area (Å²) in [5.74, 6) is -0.307. The van der Waals surface area contributed by atoms with Crippen LogP contribution in [-0.4, -0.2) is 52.8 Å². The van der Waals surface area contributed by atoms with Gasteiger partial charge in [0.2, 0.25) is 5.91 Å². The molecule has 0 saturated carbocycles. The number of nitrogens with zero attached hydrogens (tertiary/aromatic N) is 2. The minimum atomic E-state index is -0.370. The molecule has 0 bridgehead atoms. The van der Waals surface area contributed by atoms with Crippen molar-refractivity contribution in [2.45, 2.75) is 31.2 Å². The topological polar surface area (TPSA) is 91.4 Å². The van der Waals surface area contributed by atoms with Crippen LogP contribution in [0.5, 0.6) is 0 Å². The van der Waals surface area contributed by atoms with E-state index in [9.17, 15) is 14.4 Å². The predicted molar refractivity (Wildman–Crippen MR) is 107 cm³/mol. The van der Waals surface area contributed by atoms with E-state index in [0.29, 0.717) is 18.7 Å². The average Bonchev–Trinajstić information content (AvgIpc) is 3.11. The van der Waals surface area contributed by atoms with Gasteiger partial charge >= 0.3 is 0 Å². The van der Waals surface area contributed by atoms with Crippen LogP contribution in [0.1, 0.15) is 45.5 Å². The molecule has 7 nitrogen and oxygen atoms in total. The second-order valence-corrected chi connectivity index (χ2v) is 7.70. The van der Waals surface area contributed by atoms with Gasteiger partial charge in [-0.25, -0.2) is 0 Å². The Morgan fingerprint density at radius 3 is 2.86 bits per heavy atom. The van der Waals surface area contributed by atoms with Crippen molar-refractivity contribution in [1.82, 2.24) is 20.5 Å². The van der Waals surface area contributed by atoms with E-state index in [1.54, 1.807) is 23.2 Å². The lowest BCUT2D eigenvalue weighted by atomic mass is 9.91. The molecule has 7 heteroatoms.